The molecule has 8 nitrogen and oxygen atoms in total. The average molecular weight is 464 g/mol. The fraction of sp³-hybridized carbons (Fsp3) is 0.250. The van der Waals surface area contributed by atoms with E-state index in [0.717, 1.165) is 11.1 Å². The standard InChI is InChI=1S/C20H22FN5O3S2/c1-13(15-5-9-17(10-6-15)31(22,28)29)26(2)12-18-24-25-20(30-18)19(27)23-11-14-3-7-16(21)8-4-14/h3-10,13H,11-12H2,1-2H3,(H,23,27)(H2,22,28,29). The molecule has 0 aliphatic rings. The summed E-state index contributed by atoms with van der Waals surface area (Å²) in [6, 6.07) is 12.2. The summed E-state index contributed by atoms with van der Waals surface area (Å²) >= 11 is 1.19. The Labute approximate surface area is 184 Å². The van der Waals surface area contributed by atoms with E-state index in [9.17, 15) is 17.6 Å². The van der Waals surface area contributed by atoms with Crippen LogP contribution >= 0.6 is 11.3 Å². The van der Waals surface area contributed by atoms with Crippen LogP contribution in [0.1, 0.15) is 38.9 Å². The van der Waals surface area contributed by atoms with Crippen molar-refractivity contribution in [3.05, 3.63) is 75.5 Å². The highest BCUT2D eigenvalue weighted by molar-refractivity contribution is 7.89. The quantitative estimate of drug-likeness (QED) is 0.530. The number of halogens is 1. The Kier molecular flexibility index (Phi) is 7.11. The Morgan fingerprint density at radius 1 is 1.16 bits per heavy atom. The largest absolute Gasteiger partial charge is 0.346 e. The molecule has 0 fully saturated rings. The molecule has 1 heterocycles. The Hall–Kier alpha value is -2.73. The lowest BCUT2D eigenvalue weighted by molar-refractivity contribution is 0.0950. The third-order valence-corrected chi connectivity index (χ3v) is 6.60. The number of benzene rings is 2. The summed E-state index contributed by atoms with van der Waals surface area (Å²) in [5.74, 6) is -0.676. The number of sulfonamides is 1. The molecule has 31 heavy (non-hydrogen) atoms. The molecule has 164 valence electrons. The van der Waals surface area contributed by atoms with Gasteiger partial charge in [-0.25, -0.2) is 17.9 Å². The van der Waals surface area contributed by atoms with Crippen LogP contribution in [-0.4, -0.2) is 36.5 Å². The summed E-state index contributed by atoms with van der Waals surface area (Å²) in [7, 11) is -1.83. The van der Waals surface area contributed by atoms with Crippen molar-refractivity contribution in [1.29, 1.82) is 0 Å². The van der Waals surface area contributed by atoms with Gasteiger partial charge < -0.3 is 5.32 Å². The number of nitrogens with zero attached hydrogens (tertiary/aromatic N) is 3. The van der Waals surface area contributed by atoms with Gasteiger partial charge in [0.15, 0.2) is 0 Å². The first-order chi connectivity index (χ1) is 14.6. The van der Waals surface area contributed by atoms with E-state index in [1.54, 1.807) is 24.3 Å². The lowest BCUT2D eigenvalue weighted by atomic mass is 10.1. The first-order valence-electron chi connectivity index (χ1n) is 9.31. The van der Waals surface area contributed by atoms with Crippen molar-refractivity contribution in [2.24, 2.45) is 5.14 Å². The van der Waals surface area contributed by atoms with Crippen LogP contribution in [0.5, 0.6) is 0 Å². The maximum atomic E-state index is 13.0. The predicted molar refractivity (Wildman–Crippen MR) is 115 cm³/mol. The van der Waals surface area contributed by atoms with E-state index in [0.29, 0.717) is 11.6 Å². The molecule has 1 amide bonds. The number of nitrogens with one attached hydrogen (secondary N) is 1. The van der Waals surface area contributed by atoms with Gasteiger partial charge >= 0.3 is 0 Å². The number of carbonyl (C=O) groups is 1. The second kappa shape index (κ2) is 9.60. The number of carbonyl (C=O) groups excluding carboxylic acids is 1. The van der Waals surface area contributed by atoms with Gasteiger partial charge in [-0.1, -0.05) is 35.6 Å². The van der Waals surface area contributed by atoms with Crippen molar-refractivity contribution in [1.82, 2.24) is 20.4 Å². The van der Waals surface area contributed by atoms with Gasteiger partial charge in [-0.2, -0.15) is 0 Å². The van der Waals surface area contributed by atoms with E-state index in [2.05, 4.69) is 15.5 Å². The molecule has 0 saturated heterocycles. The molecular formula is C20H22FN5O3S2. The zero-order valence-electron chi connectivity index (χ0n) is 16.9. The summed E-state index contributed by atoms with van der Waals surface area (Å²) in [5, 5.41) is 16.8. The van der Waals surface area contributed by atoms with Crippen molar-refractivity contribution >= 4 is 27.3 Å². The van der Waals surface area contributed by atoms with E-state index in [-0.39, 0.29) is 34.2 Å². The highest BCUT2D eigenvalue weighted by Crippen LogP contribution is 2.23. The number of rotatable bonds is 8. The maximum absolute atomic E-state index is 13.0. The first kappa shape index (κ1) is 22.9. The Balaban J connectivity index is 1.57. The Morgan fingerprint density at radius 3 is 2.42 bits per heavy atom. The molecule has 3 rings (SSSR count). The minimum Gasteiger partial charge on any atom is -0.346 e. The molecule has 11 heteroatoms. The summed E-state index contributed by atoms with van der Waals surface area (Å²) in [5.41, 5.74) is 1.69. The first-order valence-corrected chi connectivity index (χ1v) is 11.7. The van der Waals surface area contributed by atoms with E-state index >= 15 is 0 Å². The fourth-order valence-electron chi connectivity index (χ4n) is 2.81. The molecule has 3 aromatic rings. The van der Waals surface area contributed by atoms with Gasteiger partial charge in [-0.15, -0.1) is 10.2 Å². The predicted octanol–water partition coefficient (Wildman–Crippen LogP) is 2.45. The smallest absolute Gasteiger partial charge is 0.282 e. The van der Waals surface area contributed by atoms with Crippen molar-refractivity contribution < 1.29 is 17.6 Å². The molecule has 2 aromatic carbocycles. The number of aromatic nitrogens is 2. The molecule has 3 N–H and O–H groups in total. The van der Waals surface area contributed by atoms with Crippen molar-refractivity contribution in [2.45, 2.75) is 31.0 Å². The van der Waals surface area contributed by atoms with Crippen LogP contribution in [0.15, 0.2) is 53.4 Å². The van der Waals surface area contributed by atoms with Crippen LogP contribution in [0.2, 0.25) is 0 Å². The normalized spacial score (nSPS) is 12.7. The van der Waals surface area contributed by atoms with Crippen molar-refractivity contribution in [3.63, 3.8) is 0 Å². The third kappa shape index (κ3) is 6.14. The maximum Gasteiger partial charge on any atom is 0.282 e. The van der Waals surface area contributed by atoms with Gasteiger partial charge in [0, 0.05) is 12.6 Å². The highest BCUT2D eigenvalue weighted by Gasteiger charge is 2.18. The number of primary sulfonamides is 1. The average Bonchev–Trinajstić information content (AvgIpc) is 3.20. The molecule has 0 aliphatic carbocycles. The number of hydrogen-bond acceptors (Lipinski definition) is 7. The van der Waals surface area contributed by atoms with E-state index in [4.69, 9.17) is 5.14 Å². The molecule has 0 spiro atoms. The van der Waals surface area contributed by atoms with Crippen LogP contribution in [0.4, 0.5) is 4.39 Å². The number of amides is 1. The van der Waals surface area contributed by atoms with Crippen LogP contribution in [-0.2, 0) is 23.1 Å². The van der Waals surface area contributed by atoms with Crippen LogP contribution in [0.3, 0.4) is 0 Å². The molecule has 0 aliphatic heterocycles. The van der Waals surface area contributed by atoms with Gasteiger partial charge in [0.1, 0.15) is 10.8 Å². The zero-order valence-corrected chi connectivity index (χ0v) is 18.6. The molecule has 1 aromatic heterocycles. The van der Waals surface area contributed by atoms with Gasteiger partial charge in [-0.3, -0.25) is 9.69 Å². The molecule has 0 saturated carbocycles. The Bertz CT molecular complexity index is 1150. The van der Waals surface area contributed by atoms with Gasteiger partial charge in [0.25, 0.3) is 5.91 Å². The van der Waals surface area contributed by atoms with E-state index < -0.39 is 10.0 Å². The minimum atomic E-state index is -3.73. The monoisotopic (exact) mass is 463 g/mol. The molecule has 1 atom stereocenters. The zero-order chi connectivity index (χ0) is 22.6. The second-order valence-electron chi connectivity index (χ2n) is 7.02. The van der Waals surface area contributed by atoms with Crippen LogP contribution in [0.25, 0.3) is 0 Å². The van der Waals surface area contributed by atoms with Crippen LogP contribution < -0.4 is 10.5 Å². The lowest BCUT2D eigenvalue weighted by Gasteiger charge is -2.24. The van der Waals surface area contributed by atoms with E-state index in [1.807, 2.05) is 18.9 Å². The molecule has 0 bridgehead atoms. The van der Waals surface area contributed by atoms with Gasteiger partial charge in [0.2, 0.25) is 15.0 Å². The topological polar surface area (TPSA) is 118 Å². The van der Waals surface area contributed by atoms with E-state index in [1.165, 1.54) is 35.6 Å². The number of hydrogen-bond donors (Lipinski definition) is 2. The van der Waals surface area contributed by atoms with Crippen molar-refractivity contribution in [3.8, 4) is 0 Å². The summed E-state index contributed by atoms with van der Waals surface area (Å²) in [6.45, 7) is 2.70. The third-order valence-electron chi connectivity index (χ3n) is 4.76. The lowest BCUT2D eigenvalue weighted by Crippen LogP contribution is -2.22. The molecular weight excluding hydrogens is 441 g/mol. The van der Waals surface area contributed by atoms with Crippen LogP contribution in [0, 0.1) is 5.82 Å². The van der Waals surface area contributed by atoms with Crippen molar-refractivity contribution in [2.75, 3.05) is 7.05 Å². The highest BCUT2D eigenvalue weighted by atomic mass is 32.2. The minimum absolute atomic E-state index is 0.0332. The number of nitrogens with two attached hydrogens (primary N) is 1. The summed E-state index contributed by atoms with van der Waals surface area (Å²) in [6.07, 6.45) is 0. The summed E-state index contributed by atoms with van der Waals surface area (Å²) in [4.78, 5) is 14.4. The SMILES string of the molecule is CC(c1ccc(S(N)(=O)=O)cc1)N(C)Cc1nnc(C(=O)NCc2ccc(F)cc2)s1. The summed E-state index contributed by atoms with van der Waals surface area (Å²) < 4.78 is 35.7. The fourth-order valence-corrected chi connectivity index (χ4v) is 4.15. The van der Waals surface area contributed by atoms with Gasteiger partial charge in [0.05, 0.1) is 11.4 Å². The second-order valence-corrected chi connectivity index (χ2v) is 9.64. The molecule has 0 radical (unpaired) electrons. The Morgan fingerprint density at radius 2 is 1.81 bits per heavy atom. The van der Waals surface area contributed by atoms with Gasteiger partial charge in [-0.05, 0) is 49.4 Å². The molecule has 1 unspecified atom stereocenters.